The molecule has 110 valence electrons. The Hall–Kier alpha value is -1.96. The van der Waals surface area contributed by atoms with E-state index in [1.165, 1.54) is 4.57 Å². The summed E-state index contributed by atoms with van der Waals surface area (Å²) in [5.74, 6) is -2.66. The van der Waals surface area contributed by atoms with E-state index < -0.39 is 29.0 Å². The maximum absolute atomic E-state index is 14.1. The minimum absolute atomic E-state index is 0.0478. The van der Waals surface area contributed by atoms with Crippen molar-refractivity contribution in [2.45, 2.75) is 18.9 Å². The fraction of sp³-hybridized carbons (Fsp3) is 0.231. The van der Waals surface area contributed by atoms with Gasteiger partial charge in [-0.2, -0.15) is 0 Å². The number of carboxylic acid groups (broad SMARTS) is 1. The first-order valence-corrected chi connectivity index (χ1v) is 6.82. The normalized spacial score (nSPS) is 14.4. The molecule has 1 fully saturated rings. The monoisotopic (exact) mass is 359 g/mol. The van der Waals surface area contributed by atoms with Crippen LogP contribution in [0.2, 0.25) is 0 Å². The zero-order chi connectivity index (χ0) is 15.3. The van der Waals surface area contributed by atoms with Crippen LogP contribution in [0.4, 0.5) is 13.6 Å². The summed E-state index contributed by atoms with van der Waals surface area (Å²) >= 11 is 3.01. The molecular weight excluding hydrogens is 352 g/mol. The molecule has 1 N–H and O–H groups in total. The maximum Gasteiger partial charge on any atom is 0.511 e. The molecule has 0 atom stereocenters. The number of carbonyl (C=O) groups is 1. The van der Waals surface area contributed by atoms with Gasteiger partial charge in [-0.3, -0.25) is 4.79 Å². The minimum Gasteiger partial charge on any atom is -0.449 e. The highest BCUT2D eigenvalue weighted by Gasteiger charge is 2.29. The van der Waals surface area contributed by atoms with E-state index in [1.54, 1.807) is 0 Å². The molecule has 0 bridgehead atoms. The Balaban J connectivity index is 2.43. The summed E-state index contributed by atoms with van der Waals surface area (Å²) in [5.41, 5.74) is -0.998. The molecule has 1 aromatic heterocycles. The molecule has 0 aliphatic heterocycles. The molecule has 0 unspecified atom stereocenters. The first-order chi connectivity index (χ1) is 9.90. The van der Waals surface area contributed by atoms with Gasteiger partial charge in [0, 0.05) is 10.5 Å². The molecular formula is C13H8BrF2NO4. The smallest absolute Gasteiger partial charge is 0.449 e. The second kappa shape index (κ2) is 4.80. The van der Waals surface area contributed by atoms with Crippen molar-refractivity contribution in [2.75, 3.05) is 0 Å². The van der Waals surface area contributed by atoms with Crippen LogP contribution in [0.5, 0.6) is 5.75 Å². The van der Waals surface area contributed by atoms with E-state index in [4.69, 9.17) is 5.11 Å². The summed E-state index contributed by atoms with van der Waals surface area (Å²) in [4.78, 5) is 22.9. The third-order valence-corrected chi connectivity index (χ3v) is 3.88. The topological polar surface area (TPSA) is 68.5 Å². The lowest BCUT2D eigenvalue weighted by atomic mass is 10.1. The first-order valence-electron chi connectivity index (χ1n) is 6.03. The highest BCUT2D eigenvalue weighted by atomic mass is 79.9. The number of aromatic nitrogens is 1. The summed E-state index contributed by atoms with van der Waals surface area (Å²) < 4.78 is 33.5. The van der Waals surface area contributed by atoms with Gasteiger partial charge >= 0.3 is 6.16 Å². The Morgan fingerprint density at radius 3 is 2.67 bits per heavy atom. The Morgan fingerprint density at radius 1 is 1.43 bits per heavy atom. The lowest BCUT2D eigenvalue weighted by Gasteiger charge is -2.14. The Morgan fingerprint density at radius 2 is 2.10 bits per heavy atom. The van der Waals surface area contributed by atoms with Crippen LogP contribution in [0.1, 0.15) is 18.9 Å². The molecule has 5 nitrogen and oxygen atoms in total. The van der Waals surface area contributed by atoms with Crippen molar-refractivity contribution < 1.29 is 23.4 Å². The van der Waals surface area contributed by atoms with Crippen molar-refractivity contribution in [1.82, 2.24) is 4.57 Å². The van der Waals surface area contributed by atoms with Gasteiger partial charge in [-0.1, -0.05) is 0 Å². The molecule has 1 aliphatic carbocycles. The third kappa shape index (κ3) is 2.29. The fourth-order valence-electron chi connectivity index (χ4n) is 2.22. The number of hydrogen-bond acceptors (Lipinski definition) is 3. The van der Waals surface area contributed by atoms with E-state index in [0.717, 1.165) is 25.1 Å². The molecule has 3 rings (SSSR count). The van der Waals surface area contributed by atoms with Gasteiger partial charge in [0.05, 0.1) is 17.1 Å². The van der Waals surface area contributed by atoms with Crippen LogP contribution in [0.15, 0.2) is 21.5 Å². The molecule has 1 aromatic carbocycles. The summed E-state index contributed by atoms with van der Waals surface area (Å²) in [6, 6.07) is 0.730. The number of pyridine rings is 1. The summed E-state index contributed by atoms with van der Waals surface area (Å²) in [6.45, 7) is 0. The van der Waals surface area contributed by atoms with E-state index in [2.05, 4.69) is 20.7 Å². The fourth-order valence-corrected chi connectivity index (χ4v) is 2.79. The SMILES string of the molecule is O=C(O)Oc1cn(C2CC2)c2c(F)c(F)cc(Br)c2c1=O. The summed E-state index contributed by atoms with van der Waals surface area (Å²) in [7, 11) is 0. The van der Waals surface area contributed by atoms with E-state index in [9.17, 15) is 18.4 Å². The quantitative estimate of drug-likeness (QED) is 0.658. The van der Waals surface area contributed by atoms with Crippen LogP contribution in [-0.2, 0) is 0 Å². The predicted octanol–water partition coefficient (Wildman–Crippen LogP) is 3.43. The Labute approximate surface area is 124 Å². The molecule has 1 heterocycles. The van der Waals surface area contributed by atoms with Crippen LogP contribution in [0.3, 0.4) is 0 Å². The molecule has 21 heavy (non-hydrogen) atoms. The van der Waals surface area contributed by atoms with Crippen molar-refractivity contribution in [2.24, 2.45) is 0 Å². The first kappa shape index (κ1) is 14.0. The number of fused-ring (bicyclic) bond motifs is 1. The van der Waals surface area contributed by atoms with Gasteiger partial charge in [0.2, 0.25) is 5.43 Å². The van der Waals surface area contributed by atoms with E-state index in [0.29, 0.717) is 0 Å². The van der Waals surface area contributed by atoms with Crippen LogP contribution < -0.4 is 10.2 Å². The van der Waals surface area contributed by atoms with Gasteiger partial charge in [0.25, 0.3) is 0 Å². The standard InChI is InChI=1S/C13H8BrF2NO4/c14-6-3-7(15)10(16)11-9(6)12(18)8(21-13(19)20)4-17(11)5-1-2-5/h3-5H,1-2H2,(H,19,20). The zero-order valence-electron chi connectivity index (χ0n) is 10.4. The van der Waals surface area contributed by atoms with Gasteiger partial charge in [-0.05, 0) is 34.8 Å². The Bertz CT molecular complexity index is 829. The van der Waals surface area contributed by atoms with Crippen LogP contribution in [0, 0.1) is 11.6 Å². The molecule has 0 spiro atoms. The zero-order valence-corrected chi connectivity index (χ0v) is 12.0. The molecule has 1 aliphatic rings. The number of benzene rings is 1. The molecule has 2 aromatic rings. The second-order valence-electron chi connectivity index (χ2n) is 4.71. The van der Waals surface area contributed by atoms with Gasteiger partial charge in [-0.25, -0.2) is 13.6 Å². The number of rotatable bonds is 2. The Kier molecular flexibility index (Phi) is 3.20. The molecule has 0 saturated heterocycles. The number of halogens is 3. The molecule has 8 heteroatoms. The van der Waals surface area contributed by atoms with Crippen LogP contribution >= 0.6 is 15.9 Å². The highest BCUT2D eigenvalue weighted by molar-refractivity contribution is 9.10. The molecule has 1 saturated carbocycles. The minimum atomic E-state index is -1.65. The van der Waals surface area contributed by atoms with Crippen LogP contribution in [0.25, 0.3) is 10.9 Å². The van der Waals surface area contributed by atoms with Crippen molar-refractivity contribution in [3.8, 4) is 5.75 Å². The highest BCUT2D eigenvalue weighted by Crippen LogP contribution is 2.39. The van der Waals surface area contributed by atoms with Crippen molar-refractivity contribution >= 4 is 33.0 Å². The van der Waals surface area contributed by atoms with Crippen molar-refractivity contribution in [3.05, 3.63) is 38.6 Å². The lowest BCUT2D eigenvalue weighted by molar-refractivity contribution is 0.143. The summed E-state index contributed by atoms with van der Waals surface area (Å²) in [5, 5.41) is 8.52. The van der Waals surface area contributed by atoms with Crippen molar-refractivity contribution in [1.29, 1.82) is 0 Å². The number of ether oxygens (including phenoxy) is 1. The van der Waals surface area contributed by atoms with Gasteiger partial charge in [0.15, 0.2) is 17.4 Å². The third-order valence-electron chi connectivity index (χ3n) is 3.25. The average Bonchev–Trinajstić information content (AvgIpc) is 3.21. The van der Waals surface area contributed by atoms with E-state index in [1.807, 2.05) is 0 Å². The van der Waals surface area contributed by atoms with Crippen molar-refractivity contribution in [3.63, 3.8) is 0 Å². The second-order valence-corrected chi connectivity index (χ2v) is 5.56. The number of nitrogens with zero attached hydrogens (tertiary/aromatic N) is 1. The summed E-state index contributed by atoms with van der Waals surface area (Å²) in [6.07, 6.45) is 0.939. The lowest BCUT2D eigenvalue weighted by Crippen LogP contribution is -2.17. The predicted molar refractivity (Wildman–Crippen MR) is 72.7 cm³/mol. The molecule has 0 amide bonds. The largest absolute Gasteiger partial charge is 0.511 e. The maximum atomic E-state index is 14.1. The number of hydrogen-bond donors (Lipinski definition) is 1. The van der Waals surface area contributed by atoms with Gasteiger partial charge in [0.1, 0.15) is 0 Å². The van der Waals surface area contributed by atoms with Crippen LogP contribution in [-0.4, -0.2) is 15.8 Å². The van der Waals surface area contributed by atoms with E-state index >= 15 is 0 Å². The van der Waals surface area contributed by atoms with E-state index in [-0.39, 0.29) is 21.4 Å². The average molecular weight is 360 g/mol. The van der Waals surface area contributed by atoms with Gasteiger partial charge in [-0.15, -0.1) is 0 Å². The molecule has 0 radical (unpaired) electrons. The van der Waals surface area contributed by atoms with Gasteiger partial charge < -0.3 is 14.4 Å².